The summed E-state index contributed by atoms with van der Waals surface area (Å²) in [6, 6.07) is -0.421. The largest absolute Gasteiger partial charge is 0.452 e. The van der Waals surface area contributed by atoms with Crippen LogP contribution in [0.2, 0.25) is 0 Å². The molecule has 0 radical (unpaired) electrons. The van der Waals surface area contributed by atoms with Crippen molar-refractivity contribution >= 4 is 46.2 Å². The fraction of sp³-hybridized carbons (Fsp3) is 0.778. The van der Waals surface area contributed by atoms with E-state index in [0.717, 1.165) is 51.6 Å². The number of carbonyl (C=O) groups excluding carboxylic acids is 3. The Morgan fingerprint density at radius 3 is 2.44 bits per heavy atom. The lowest BCUT2D eigenvalue weighted by molar-refractivity contribution is -0.151. The first-order valence-corrected chi connectivity index (χ1v) is 11.0. The maximum Gasteiger partial charge on any atom is 0.321 e. The first-order chi connectivity index (χ1) is 12.8. The molecule has 1 atom stereocenters. The molecule has 3 amide bonds. The van der Waals surface area contributed by atoms with Crippen molar-refractivity contribution in [2.45, 2.75) is 64.5 Å². The maximum atomic E-state index is 12.0. The SMILES string of the molecule is CC1CCN(C(=S)SCC(=O)O[C@@H](C)C(=O)NC(=O)NC2CCCC2)CC1. The molecule has 27 heavy (non-hydrogen) atoms. The van der Waals surface area contributed by atoms with Crippen molar-refractivity contribution in [2.24, 2.45) is 5.92 Å². The molecule has 2 fully saturated rings. The Balaban J connectivity index is 1.64. The van der Waals surface area contributed by atoms with Crippen LogP contribution >= 0.6 is 24.0 Å². The van der Waals surface area contributed by atoms with Crippen molar-refractivity contribution in [3.05, 3.63) is 0 Å². The summed E-state index contributed by atoms with van der Waals surface area (Å²) in [4.78, 5) is 37.9. The van der Waals surface area contributed by atoms with E-state index in [0.29, 0.717) is 10.2 Å². The van der Waals surface area contributed by atoms with Crippen molar-refractivity contribution in [3.8, 4) is 0 Å². The Labute approximate surface area is 170 Å². The van der Waals surface area contributed by atoms with Gasteiger partial charge in [-0.25, -0.2) is 4.79 Å². The highest BCUT2D eigenvalue weighted by atomic mass is 32.2. The molecule has 2 N–H and O–H groups in total. The van der Waals surface area contributed by atoms with Crippen LogP contribution in [0, 0.1) is 5.92 Å². The number of ether oxygens (including phenoxy) is 1. The minimum Gasteiger partial charge on any atom is -0.452 e. The normalized spacial score (nSPS) is 19.4. The van der Waals surface area contributed by atoms with Crippen molar-refractivity contribution in [1.82, 2.24) is 15.5 Å². The number of amides is 3. The number of thioether (sulfide) groups is 1. The minimum atomic E-state index is -1.03. The summed E-state index contributed by atoms with van der Waals surface area (Å²) in [5, 5.41) is 4.98. The molecule has 1 heterocycles. The van der Waals surface area contributed by atoms with Crippen LogP contribution in [-0.4, -0.2) is 58.1 Å². The van der Waals surface area contributed by atoms with Gasteiger partial charge in [0, 0.05) is 19.1 Å². The lowest BCUT2D eigenvalue weighted by atomic mass is 10.00. The van der Waals surface area contributed by atoms with E-state index >= 15 is 0 Å². The molecule has 152 valence electrons. The molecule has 0 spiro atoms. The molecule has 1 aliphatic heterocycles. The van der Waals surface area contributed by atoms with Crippen LogP contribution in [0.15, 0.2) is 0 Å². The highest BCUT2D eigenvalue weighted by Crippen LogP contribution is 2.20. The summed E-state index contributed by atoms with van der Waals surface area (Å²) < 4.78 is 5.79. The number of esters is 1. The fourth-order valence-corrected chi connectivity index (χ4v) is 4.23. The van der Waals surface area contributed by atoms with Crippen LogP contribution in [0.1, 0.15) is 52.4 Å². The van der Waals surface area contributed by atoms with Crippen LogP contribution in [0.5, 0.6) is 0 Å². The molecule has 0 aromatic rings. The predicted octanol–water partition coefficient (Wildman–Crippen LogP) is 2.44. The van der Waals surface area contributed by atoms with Gasteiger partial charge in [-0.1, -0.05) is 43.7 Å². The summed E-state index contributed by atoms with van der Waals surface area (Å²) in [5.41, 5.74) is 0. The number of rotatable bonds is 5. The Morgan fingerprint density at radius 1 is 1.19 bits per heavy atom. The zero-order chi connectivity index (χ0) is 19.8. The maximum absolute atomic E-state index is 12.0. The van der Waals surface area contributed by atoms with Crippen molar-refractivity contribution in [2.75, 3.05) is 18.8 Å². The van der Waals surface area contributed by atoms with Crippen LogP contribution in [0.25, 0.3) is 0 Å². The number of piperidine rings is 1. The number of imide groups is 1. The van der Waals surface area contributed by atoms with Gasteiger partial charge in [0.2, 0.25) is 0 Å². The van der Waals surface area contributed by atoms with Crippen LogP contribution in [0.3, 0.4) is 0 Å². The third-order valence-electron chi connectivity index (χ3n) is 4.96. The van der Waals surface area contributed by atoms with Gasteiger partial charge in [0.25, 0.3) is 5.91 Å². The van der Waals surface area contributed by atoms with E-state index in [2.05, 4.69) is 22.5 Å². The standard InChI is InChI=1S/C18H29N3O4S2/c1-12-7-9-21(10-8-12)18(26)27-11-15(22)25-13(2)16(23)20-17(24)19-14-5-3-4-6-14/h12-14H,3-11H2,1-2H3,(H2,19,20,23,24)/t13-/m0/s1. The van der Waals surface area contributed by atoms with Crippen LogP contribution in [-0.2, 0) is 14.3 Å². The topological polar surface area (TPSA) is 87.7 Å². The summed E-state index contributed by atoms with van der Waals surface area (Å²) >= 11 is 6.62. The smallest absolute Gasteiger partial charge is 0.321 e. The number of likely N-dealkylation sites (tertiary alicyclic amines) is 1. The number of urea groups is 1. The number of thiocarbonyl (C=S) groups is 1. The number of nitrogens with zero attached hydrogens (tertiary/aromatic N) is 1. The number of nitrogens with one attached hydrogen (secondary N) is 2. The van der Waals surface area contributed by atoms with Crippen molar-refractivity contribution in [3.63, 3.8) is 0 Å². The molecule has 9 heteroatoms. The Morgan fingerprint density at radius 2 is 1.81 bits per heavy atom. The van der Waals surface area contributed by atoms with Gasteiger partial charge < -0.3 is 15.0 Å². The molecule has 0 aromatic heterocycles. The Bertz CT molecular complexity index is 559. The third-order valence-corrected chi connectivity index (χ3v) is 6.46. The third kappa shape index (κ3) is 7.65. The van der Waals surface area contributed by atoms with Crippen LogP contribution < -0.4 is 10.6 Å². The van der Waals surface area contributed by atoms with Crippen molar-refractivity contribution in [1.29, 1.82) is 0 Å². The van der Waals surface area contributed by atoms with Crippen LogP contribution in [0.4, 0.5) is 4.79 Å². The van der Waals surface area contributed by atoms with E-state index in [-0.39, 0.29) is 11.8 Å². The van der Waals surface area contributed by atoms with E-state index < -0.39 is 24.0 Å². The highest BCUT2D eigenvalue weighted by molar-refractivity contribution is 8.23. The van der Waals surface area contributed by atoms with Gasteiger partial charge in [0.05, 0.1) is 5.75 Å². The van der Waals surface area contributed by atoms with E-state index in [4.69, 9.17) is 17.0 Å². The molecule has 0 unspecified atom stereocenters. The van der Waals surface area contributed by atoms with Gasteiger partial charge in [0.1, 0.15) is 4.32 Å². The molecule has 1 aliphatic carbocycles. The second-order valence-corrected chi connectivity index (χ2v) is 8.91. The van der Waals surface area contributed by atoms with Gasteiger partial charge in [-0.15, -0.1) is 0 Å². The quantitative estimate of drug-likeness (QED) is 0.527. The minimum absolute atomic E-state index is 0.0524. The zero-order valence-corrected chi connectivity index (χ0v) is 17.6. The molecule has 2 aliphatic rings. The summed E-state index contributed by atoms with van der Waals surface area (Å²) in [6.45, 7) is 5.50. The first kappa shape index (κ1) is 21.9. The highest BCUT2D eigenvalue weighted by Gasteiger charge is 2.23. The van der Waals surface area contributed by atoms with E-state index in [1.165, 1.54) is 18.7 Å². The fourth-order valence-electron chi connectivity index (χ4n) is 3.19. The predicted molar refractivity (Wildman–Crippen MR) is 110 cm³/mol. The summed E-state index contributed by atoms with van der Waals surface area (Å²) in [5.74, 6) is -0.385. The lowest BCUT2D eigenvalue weighted by Crippen LogP contribution is -2.47. The average Bonchev–Trinajstić information content (AvgIpc) is 3.13. The first-order valence-electron chi connectivity index (χ1n) is 9.57. The van der Waals surface area contributed by atoms with Gasteiger partial charge in [-0.05, 0) is 38.5 Å². The van der Waals surface area contributed by atoms with E-state index in [1.807, 2.05) is 0 Å². The van der Waals surface area contributed by atoms with Gasteiger partial charge >= 0.3 is 12.0 Å². The molecule has 0 aromatic carbocycles. The number of hydrogen-bond donors (Lipinski definition) is 2. The molecular weight excluding hydrogens is 386 g/mol. The Hall–Kier alpha value is -1.35. The summed E-state index contributed by atoms with van der Waals surface area (Å²) in [6.07, 6.45) is 5.21. The van der Waals surface area contributed by atoms with Gasteiger partial charge in [-0.3, -0.25) is 14.9 Å². The number of carbonyl (C=O) groups is 3. The molecular formula is C18H29N3O4S2. The monoisotopic (exact) mass is 415 g/mol. The van der Waals surface area contributed by atoms with Gasteiger partial charge in [-0.2, -0.15) is 0 Å². The molecule has 7 nitrogen and oxygen atoms in total. The van der Waals surface area contributed by atoms with E-state index in [9.17, 15) is 14.4 Å². The zero-order valence-electron chi connectivity index (χ0n) is 16.0. The van der Waals surface area contributed by atoms with Gasteiger partial charge in [0.15, 0.2) is 6.10 Å². The second-order valence-electron chi connectivity index (χ2n) is 7.30. The molecule has 1 saturated heterocycles. The lowest BCUT2D eigenvalue weighted by Gasteiger charge is -2.31. The molecule has 0 bridgehead atoms. The van der Waals surface area contributed by atoms with Crippen molar-refractivity contribution < 1.29 is 19.1 Å². The van der Waals surface area contributed by atoms with E-state index in [1.54, 1.807) is 0 Å². The molecule has 1 saturated carbocycles. The summed E-state index contributed by atoms with van der Waals surface area (Å²) in [7, 11) is 0. The Kier molecular flexibility index (Phi) is 8.82. The average molecular weight is 416 g/mol. The molecule has 2 rings (SSSR count). The number of hydrogen-bond acceptors (Lipinski definition) is 6. The second kappa shape index (κ2) is 10.8.